The highest BCUT2D eigenvalue weighted by Crippen LogP contribution is 2.10. The van der Waals surface area contributed by atoms with Crippen LogP contribution >= 0.6 is 0 Å². The molecule has 37 heavy (non-hydrogen) atoms. The van der Waals surface area contributed by atoms with E-state index in [-0.39, 0.29) is 82.6 Å². The molecule has 0 aliphatic rings. The van der Waals surface area contributed by atoms with Crippen molar-refractivity contribution in [1.29, 1.82) is 0 Å². The third kappa shape index (κ3) is 15.4. The molecule has 0 spiro atoms. The van der Waals surface area contributed by atoms with E-state index in [0.29, 0.717) is 16.7 Å². The molecule has 0 radical (unpaired) electrons. The second kappa shape index (κ2) is 18.0. The van der Waals surface area contributed by atoms with Gasteiger partial charge in [-0.1, -0.05) is 26.3 Å². The number of carbonyl (C=O) groups is 4. The molecule has 0 rings (SSSR count). The Labute approximate surface area is 219 Å². The van der Waals surface area contributed by atoms with Crippen molar-refractivity contribution in [3.63, 3.8) is 0 Å². The summed E-state index contributed by atoms with van der Waals surface area (Å²) in [5.74, 6) is -1.28. The van der Waals surface area contributed by atoms with Gasteiger partial charge in [0.25, 0.3) is 0 Å². The molecule has 0 aromatic heterocycles. The molecule has 0 aliphatic heterocycles. The predicted octanol–water partition coefficient (Wildman–Crippen LogP) is 0.544. The van der Waals surface area contributed by atoms with Crippen molar-refractivity contribution >= 4 is 23.6 Å². The van der Waals surface area contributed by atoms with Gasteiger partial charge in [0, 0.05) is 41.9 Å². The van der Waals surface area contributed by atoms with E-state index in [4.69, 9.17) is 14.2 Å². The first-order chi connectivity index (χ1) is 17.3. The fourth-order valence-electron chi connectivity index (χ4n) is 2.55. The highest BCUT2D eigenvalue weighted by molar-refractivity contribution is 5.93. The van der Waals surface area contributed by atoms with Gasteiger partial charge in [-0.3, -0.25) is 19.2 Å². The largest absolute Gasteiger partial charge is 0.377 e. The summed E-state index contributed by atoms with van der Waals surface area (Å²) in [5.41, 5.74) is 0.290. The average molecular weight is 523 g/mol. The van der Waals surface area contributed by atoms with Crippen LogP contribution in [0.1, 0.15) is 27.7 Å². The topological polar surface area (TPSA) is 144 Å². The maximum absolute atomic E-state index is 12.5. The van der Waals surface area contributed by atoms with E-state index in [1.165, 1.54) is 0 Å². The monoisotopic (exact) mass is 522 g/mol. The Morgan fingerprint density at radius 3 is 1.05 bits per heavy atom. The maximum Gasteiger partial charge on any atom is 0.246 e. The molecule has 0 unspecified atom stereocenters. The van der Waals surface area contributed by atoms with Crippen LogP contribution in [0.4, 0.5) is 0 Å². The lowest BCUT2D eigenvalue weighted by Crippen LogP contribution is -2.59. The quantitative estimate of drug-likeness (QED) is 0.135. The van der Waals surface area contributed by atoms with Gasteiger partial charge in [-0.15, -0.1) is 0 Å². The summed E-state index contributed by atoms with van der Waals surface area (Å²) in [5, 5.41) is 10.9. The minimum Gasteiger partial charge on any atom is -0.377 e. The van der Waals surface area contributed by atoms with E-state index in [1.807, 2.05) is 0 Å². The van der Waals surface area contributed by atoms with Crippen molar-refractivity contribution < 1.29 is 33.4 Å². The molecule has 0 atom stereocenters. The molecule has 208 valence electrons. The Balaban J connectivity index is 5.25. The molecule has 0 saturated carbocycles. The Kier molecular flexibility index (Phi) is 16.4. The van der Waals surface area contributed by atoms with Gasteiger partial charge in [-0.25, -0.2) is 0 Å². The fraction of sp³-hybridized carbons (Fsp3) is 0.538. The van der Waals surface area contributed by atoms with Gasteiger partial charge >= 0.3 is 0 Å². The zero-order valence-corrected chi connectivity index (χ0v) is 22.6. The summed E-state index contributed by atoms with van der Waals surface area (Å²) in [4.78, 5) is 47.5. The predicted molar refractivity (Wildman–Crippen MR) is 142 cm³/mol. The normalized spacial score (nSPS) is 10.7. The van der Waals surface area contributed by atoms with Crippen molar-refractivity contribution in [3.8, 4) is 0 Å². The Morgan fingerprint density at radius 2 is 0.811 bits per heavy atom. The lowest BCUT2D eigenvalue weighted by molar-refractivity contribution is -0.123. The summed E-state index contributed by atoms with van der Waals surface area (Å²) in [6.45, 7) is 21.9. The van der Waals surface area contributed by atoms with Crippen molar-refractivity contribution in [3.05, 3.63) is 48.6 Å². The van der Waals surface area contributed by atoms with E-state index in [2.05, 4.69) is 47.6 Å². The van der Waals surface area contributed by atoms with Crippen LogP contribution in [0, 0.1) is 0 Å². The second-order valence-corrected chi connectivity index (χ2v) is 8.78. The summed E-state index contributed by atoms with van der Waals surface area (Å²) >= 11 is 0. The van der Waals surface area contributed by atoms with Crippen LogP contribution in [0.25, 0.3) is 0 Å². The van der Waals surface area contributed by atoms with E-state index in [1.54, 1.807) is 27.7 Å². The van der Waals surface area contributed by atoms with Gasteiger partial charge in [0.2, 0.25) is 23.6 Å². The Bertz CT molecular complexity index is 779. The van der Waals surface area contributed by atoms with Crippen LogP contribution in [0.2, 0.25) is 0 Å². The van der Waals surface area contributed by atoms with E-state index in [9.17, 15) is 19.2 Å². The van der Waals surface area contributed by atoms with Gasteiger partial charge in [0.05, 0.1) is 39.6 Å². The lowest BCUT2D eigenvalue weighted by atomic mass is 10.0. The first-order valence-electron chi connectivity index (χ1n) is 11.8. The molecule has 0 fully saturated rings. The molecule has 0 heterocycles. The zero-order chi connectivity index (χ0) is 28.4. The number of hydrogen-bond acceptors (Lipinski definition) is 7. The molecule has 0 saturated heterocycles. The van der Waals surface area contributed by atoms with E-state index in [0.717, 1.165) is 0 Å². The van der Waals surface area contributed by atoms with E-state index < -0.39 is 11.4 Å². The van der Waals surface area contributed by atoms with Crippen molar-refractivity contribution in [2.75, 3.05) is 59.3 Å². The third-order valence-corrected chi connectivity index (χ3v) is 4.66. The van der Waals surface area contributed by atoms with Crippen LogP contribution in [-0.2, 0) is 33.4 Å². The maximum atomic E-state index is 12.5. The first kappa shape index (κ1) is 33.7. The fourth-order valence-corrected chi connectivity index (χ4v) is 2.55. The molecule has 4 amide bonds. The summed E-state index contributed by atoms with van der Waals surface area (Å²) in [7, 11) is 0. The number of nitrogens with one attached hydrogen (secondary N) is 4. The molecule has 0 bridgehead atoms. The first-order valence-corrected chi connectivity index (χ1v) is 11.8. The van der Waals surface area contributed by atoms with Crippen LogP contribution in [0.5, 0.6) is 0 Å². The van der Waals surface area contributed by atoms with Crippen LogP contribution in [0.15, 0.2) is 48.6 Å². The number of carbonyl (C=O) groups excluding carboxylic acids is 4. The molecule has 0 aromatic rings. The molecule has 0 aliphatic carbocycles. The van der Waals surface area contributed by atoms with Gasteiger partial charge in [-0.2, -0.15) is 0 Å². The smallest absolute Gasteiger partial charge is 0.246 e. The Morgan fingerprint density at radius 1 is 0.541 bits per heavy atom. The zero-order valence-electron chi connectivity index (χ0n) is 22.6. The van der Waals surface area contributed by atoms with Crippen LogP contribution < -0.4 is 21.3 Å². The minimum absolute atomic E-state index is 0.00872. The Hall–Kier alpha value is -3.28. The molecular formula is C26H42N4O7. The highest BCUT2D eigenvalue weighted by atomic mass is 16.5. The van der Waals surface area contributed by atoms with E-state index >= 15 is 0 Å². The molecule has 4 N–H and O–H groups in total. The van der Waals surface area contributed by atoms with Gasteiger partial charge in [-0.05, 0) is 27.7 Å². The number of rotatable bonds is 20. The van der Waals surface area contributed by atoms with Crippen LogP contribution in [0.3, 0.4) is 0 Å². The number of hydrogen-bond donors (Lipinski definition) is 4. The standard InChI is InChI=1S/C26H42N4O7/c1-18(2)22(31)27-9-12-35-15-26(30-25(34)21(7)8,16-36-13-10-28-23(32)19(3)4)17-37-14-11-29-24(33)20(5)6/h1,3,5,7,9-17H2,2,4,6,8H3,(H,27,31)(H,28,32)(H,29,33)(H,30,34). The van der Waals surface area contributed by atoms with Gasteiger partial charge < -0.3 is 35.5 Å². The third-order valence-electron chi connectivity index (χ3n) is 4.66. The molecule has 11 heteroatoms. The van der Waals surface area contributed by atoms with Crippen molar-refractivity contribution in [1.82, 2.24) is 21.3 Å². The SMILES string of the molecule is C=C(C)C(=O)NCCOCC(COCCNC(=O)C(=C)C)(COCCNC(=O)C(=C)C)NC(=O)C(=C)C. The molecular weight excluding hydrogens is 480 g/mol. The highest BCUT2D eigenvalue weighted by Gasteiger charge is 2.34. The van der Waals surface area contributed by atoms with Gasteiger partial charge in [0.1, 0.15) is 5.54 Å². The summed E-state index contributed by atoms with van der Waals surface area (Å²) < 4.78 is 17.3. The van der Waals surface area contributed by atoms with Crippen LogP contribution in [-0.4, -0.2) is 88.4 Å². The number of amides is 4. The average Bonchev–Trinajstić information content (AvgIpc) is 2.82. The van der Waals surface area contributed by atoms with Crippen molar-refractivity contribution in [2.24, 2.45) is 0 Å². The lowest BCUT2D eigenvalue weighted by Gasteiger charge is -2.34. The summed E-state index contributed by atoms with van der Waals surface area (Å²) in [6, 6.07) is 0. The second-order valence-electron chi connectivity index (χ2n) is 8.78. The minimum atomic E-state index is -1.12. The molecule has 0 aromatic carbocycles. The van der Waals surface area contributed by atoms with Crippen molar-refractivity contribution in [2.45, 2.75) is 33.2 Å². The molecule has 11 nitrogen and oxygen atoms in total. The number of ether oxygens (including phenoxy) is 3. The van der Waals surface area contributed by atoms with Gasteiger partial charge in [0.15, 0.2) is 0 Å². The summed E-state index contributed by atoms with van der Waals surface area (Å²) in [6.07, 6.45) is 0.